The predicted molar refractivity (Wildman–Crippen MR) is 91.1 cm³/mol. The molecule has 1 amide bonds. The van der Waals surface area contributed by atoms with E-state index in [-0.39, 0.29) is 17.8 Å². The second-order valence-electron chi connectivity index (χ2n) is 8.51. The van der Waals surface area contributed by atoms with Gasteiger partial charge in [0.2, 0.25) is 5.91 Å². The third-order valence-corrected chi connectivity index (χ3v) is 6.79. The van der Waals surface area contributed by atoms with E-state index in [1.54, 1.807) is 0 Å². The SMILES string of the molecule is CNCC1CCCN(C(=O)C23CC4CC(CC(C4)C2)C3)C1.Cl. The van der Waals surface area contributed by atoms with Gasteiger partial charge in [-0.15, -0.1) is 12.4 Å². The number of nitrogens with one attached hydrogen (secondary N) is 1. The van der Waals surface area contributed by atoms with Crippen molar-refractivity contribution < 1.29 is 4.79 Å². The molecular weight excluding hydrogens is 296 g/mol. The van der Waals surface area contributed by atoms with Crippen LogP contribution in [0, 0.1) is 29.1 Å². The zero-order valence-corrected chi connectivity index (χ0v) is 14.7. The molecule has 0 spiro atoms. The minimum absolute atomic E-state index is 0. The van der Waals surface area contributed by atoms with Gasteiger partial charge >= 0.3 is 0 Å². The molecule has 5 aliphatic rings. The number of hydrogen-bond acceptors (Lipinski definition) is 2. The lowest BCUT2D eigenvalue weighted by Gasteiger charge is -2.57. The van der Waals surface area contributed by atoms with Crippen LogP contribution in [0.5, 0.6) is 0 Å². The molecule has 126 valence electrons. The highest BCUT2D eigenvalue weighted by Crippen LogP contribution is 2.60. The number of likely N-dealkylation sites (tertiary alicyclic amines) is 1. The van der Waals surface area contributed by atoms with Gasteiger partial charge in [-0.2, -0.15) is 0 Å². The Morgan fingerprint density at radius 2 is 1.73 bits per heavy atom. The van der Waals surface area contributed by atoms with Crippen LogP contribution < -0.4 is 5.32 Å². The van der Waals surface area contributed by atoms with Crippen molar-refractivity contribution in [3.63, 3.8) is 0 Å². The van der Waals surface area contributed by atoms with Crippen LogP contribution in [0.2, 0.25) is 0 Å². The van der Waals surface area contributed by atoms with Crippen molar-refractivity contribution in [1.29, 1.82) is 0 Å². The van der Waals surface area contributed by atoms with E-state index in [0.717, 1.165) is 37.4 Å². The van der Waals surface area contributed by atoms with Gasteiger partial charge in [0.25, 0.3) is 0 Å². The summed E-state index contributed by atoms with van der Waals surface area (Å²) in [4.78, 5) is 15.6. The molecule has 1 heterocycles. The molecule has 1 N–H and O–H groups in total. The second kappa shape index (κ2) is 6.32. The van der Waals surface area contributed by atoms with Crippen LogP contribution in [-0.4, -0.2) is 37.5 Å². The van der Waals surface area contributed by atoms with E-state index in [0.29, 0.717) is 11.8 Å². The quantitative estimate of drug-likeness (QED) is 0.864. The van der Waals surface area contributed by atoms with Crippen molar-refractivity contribution >= 4 is 18.3 Å². The summed E-state index contributed by atoms with van der Waals surface area (Å²) in [6.07, 6.45) is 10.4. The third kappa shape index (κ3) is 2.80. The molecular formula is C18H31ClN2O. The van der Waals surface area contributed by atoms with Crippen LogP contribution in [-0.2, 0) is 4.79 Å². The molecule has 0 radical (unpaired) electrons. The van der Waals surface area contributed by atoms with Crippen molar-refractivity contribution in [3.05, 3.63) is 0 Å². The summed E-state index contributed by atoms with van der Waals surface area (Å²) >= 11 is 0. The first kappa shape index (κ1) is 16.6. The van der Waals surface area contributed by atoms with Gasteiger partial charge in [-0.3, -0.25) is 4.79 Å². The molecule has 22 heavy (non-hydrogen) atoms. The highest BCUT2D eigenvalue weighted by molar-refractivity contribution is 5.85. The smallest absolute Gasteiger partial charge is 0.228 e. The standard InChI is InChI=1S/C18H30N2O.ClH/c1-19-11-13-3-2-4-20(12-13)17(21)18-8-14-5-15(9-18)7-16(6-14)10-18;/h13-16,19H,2-12H2,1H3;1H. The molecule has 1 atom stereocenters. The number of amides is 1. The van der Waals surface area contributed by atoms with Gasteiger partial charge in [0.15, 0.2) is 0 Å². The van der Waals surface area contributed by atoms with E-state index in [2.05, 4.69) is 10.2 Å². The molecule has 4 heteroatoms. The molecule has 4 saturated carbocycles. The van der Waals surface area contributed by atoms with E-state index in [4.69, 9.17) is 0 Å². The average molecular weight is 327 g/mol. The molecule has 0 aromatic heterocycles. The van der Waals surface area contributed by atoms with Gasteiger partial charge in [-0.1, -0.05) is 0 Å². The first-order chi connectivity index (χ1) is 10.2. The molecule has 5 rings (SSSR count). The summed E-state index contributed by atoms with van der Waals surface area (Å²) in [6.45, 7) is 3.08. The lowest BCUT2D eigenvalue weighted by molar-refractivity contribution is -0.159. The summed E-state index contributed by atoms with van der Waals surface area (Å²) in [7, 11) is 2.03. The molecule has 1 unspecified atom stereocenters. The summed E-state index contributed by atoms with van der Waals surface area (Å²) < 4.78 is 0. The van der Waals surface area contributed by atoms with E-state index in [1.165, 1.54) is 51.4 Å². The monoisotopic (exact) mass is 326 g/mol. The Bertz CT molecular complexity index is 388. The first-order valence-corrected chi connectivity index (χ1v) is 9.12. The first-order valence-electron chi connectivity index (χ1n) is 9.12. The van der Waals surface area contributed by atoms with Crippen molar-refractivity contribution in [1.82, 2.24) is 10.2 Å². The zero-order valence-electron chi connectivity index (χ0n) is 13.9. The second-order valence-corrected chi connectivity index (χ2v) is 8.51. The van der Waals surface area contributed by atoms with Gasteiger partial charge in [-0.05, 0) is 88.6 Å². The Kier molecular flexibility index (Phi) is 4.76. The molecule has 4 aliphatic carbocycles. The zero-order chi connectivity index (χ0) is 14.4. The lowest BCUT2D eigenvalue weighted by Crippen LogP contribution is -2.56. The summed E-state index contributed by atoms with van der Waals surface area (Å²) in [5.74, 6) is 3.83. The van der Waals surface area contributed by atoms with E-state index >= 15 is 0 Å². The van der Waals surface area contributed by atoms with Crippen molar-refractivity contribution in [3.8, 4) is 0 Å². The van der Waals surface area contributed by atoms with Gasteiger partial charge in [0, 0.05) is 13.1 Å². The lowest BCUT2D eigenvalue weighted by atomic mass is 9.49. The number of piperidine rings is 1. The van der Waals surface area contributed by atoms with E-state index < -0.39 is 0 Å². The predicted octanol–water partition coefficient (Wildman–Crippen LogP) is 3.08. The summed E-state index contributed by atoms with van der Waals surface area (Å²) in [5, 5.41) is 3.29. The van der Waals surface area contributed by atoms with Crippen molar-refractivity contribution in [2.24, 2.45) is 29.1 Å². The minimum Gasteiger partial charge on any atom is -0.342 e. The number of nitrogens with zero attached hydrogens (tertiary/aromatic N) is 1. The highest BCUT2D eigenvalue weighted by Gasteiger charge is 2.55. The minimum atomic E-state index is 0. The van der Waals surface area contributed by atoms with Gasteiger partial charge in [-0.25, -0.2) is 0 Å². The largest absolute Gasteiger partial charge is 0.342 e. The molecule has 4 bridgehead atoms. The van der Waals surface area contributed by atoms with Crippen LogP contribution in [0.4, 0.5) is 0 Å². The van der Waals surface area contributed by atoms with Crippen molar-refractivity contribution in [2.75, 3.05) is 26.7 Å². The normalized spacial score (nSPS) is 43.0. The number of halogens is 1. The fourth-order valence-corrected chi connectivity index (χ4v) is 6.41. The van der Waals surface area contributed by atoms with Crippen LogP contribution in [0.25, 0.3) is 0 Å². The molecule has 5 fully saturated rings. The number of carbonyl (C=O) groups excluding carboxylic acids is 1. The van der Waals surface area contributed by atoms with Crippen LogP contribution in [0.3, 0.4) is 0 Å². The maximum Gasteiger partial charge on any atom is 0.228 e. The Balaban J connectivity index is 0.00000144. The van der Waals surface area contributed by atoms with Crippen molar-refractivity contribution in [2.45, 2.75) is 51.4 Å². The molecule has 1 aliphatic heterocycles. The van der Waals surface area contributed by atoms with Crippen LogP contribution in [0.1, 0.15) is 51.4 Å². The van der Waals surface area contributed by atoms with Crippen LogP contribution >= 0.6 is 12.4 Å². The maximum atomic E-state index is 13.3. The maximum absolute atomic E-state index is 13.3. The molecule has 0 aromatic rings. The number of hydrogen-bond donors (Lipinski definition) is 1. The average Bonchev–Trinajstić information content (AvgIpc) is 2.46. The van der Waals surface area contributed by atoms with E-state index in [9.17, 15) is 4.79 Å². The van der Waals surface area contributed by atoms with E-state index in [1.807, 2.05) is 7.05 Å². The Morgan fingerprint density at radius 1 is 1.14 bits per heavy atom. The summed E-state index contributed by atoms with van der Waals surface area (Å²) in [5.41, 5.74) is 0.0658. The highest BCUT2D eigenvalue weighted by atomic mass is 35.5. The topological polar surface area (TPSA) is 32.3 Å². The van der Waals surface area contributed by atoms with Gasteiger partial charge < -0.3 is 10.2 Å². The molecule has 0 aromatic carbocycles. The van der Waals surface area contributed by atoms with Gasteiger partial charge in [0.1, 0.15) is 0 Å². The number of rotatable bonds is 3. The summed E-state index contributed by atoms with van der Waals surface area (Å²) in [6, 6.07) is 0. The molecule has 3 nitrogen and oxygen atoms in total. The van der Waals surface area contributed by atoms with Gasteiger partial charge in [0.05, 0.1) is 5.41 Å². The number of carbonyl (C=O) groups is 1. The van der Waals surface area contributed by atoms with Crippen LogP contribution in [0.15, 0.2) is 0 Å². The fourth-order valence-electron chi connectivity index (χ4n) is 6.41. The Labute approximate surface area is 141 Å². The Hall–Kier alpha value is -0.280. The fraction of sp³-hybridized carbons (Fsp3) is 0.944. The molecule has 1 saturated heterocycles. The third-order valence-electron chi connectivity index (χ3n) is 6.79. The Morgan fingerprint density at radius 3 is 2.27 bits per heavy atom.